The summed E-state index contributed by atoms with van der Waals surface area (Å²) < 4.78 is 10.5. The van der Waals surface area contributed by atoms with Crippen molar-refractivity contribution in [1.29, 1.82) is 0 Å². The van der Waals surface area contributed by atoms with Crippen molar-refractivity contribution in [2.24, 2.45) is 5.73 Å². The van der Waals surface area contributed by atoms with Crippen LogP contribution in [0.25, 0.3) is 0 Å². The molecular formula is C16H23N3O4. The number of rotatable bonds is 7. The predicted octanol–water partition coefficient (Wildman–Crippen LogP) is 0.664. The van der Waals surface area contributed by atoms with Gasteiger partial charge in [-0.25, -0.2) is 0 Å². The number of methoxy groups -OCH3 is 2. The number of carbonyl (C=O) groups is 2. The van der Waals surface area contributed by atoms with Gasteiger partial charge in [-0.2, -0.15) is 0 Å². The molecule has 1 heterocycles. The summed E-state index contributed by atoms with van der Waals surface area (Å²) in [6, 6.07) is 4.81. The highest BCUT2D eigenvalue weighted by molar-refractivity contribution is 6.01. The van der Waals surface area contributed by atoms with E-state index in [0.29, 0.717) is 49.5 Å². The Hall–Kier alpha value is -2.28. The molecule has 1 atom stereocenters. The van der Waals surface area contributed by atoms with E-state index in [1.54, 1.807) is 37.3 Å². The van der Waals surface area contributed by atoms with Crippen LogP contribution in [0, 0.1) is 0 Å². The van der Waals surface area contributed by atoms with Crippen LogP contribution in [0.2, 0.25) is 0 Å². The summed E-state index contributed by atoms with van der Waals surface area (Å²) in [7, 11) is 3.12. The molecule has 2 amide bonds. The lowest BCUT2D eigenvalue weighted by Crippen LogP contribution is -2.41. The third kappa shape index (κ3) is 4.13. The van der Waals surface area contributed by atoms with E-state index in [2.05, 4.69) is 5.32 Å². The van der Waals surface area contributed by atoms with Crippen LogP contribution in [-0.4, -0.2) is 45.2 Å². The van der Waals surface area contributed by atoms with E-state index in [9.17, 15) is 9.59 Å². The molecule has 7 heteroatoms. The van der Waals surface area contributed by atoms with Gasteiger partial charge in [0.05, 0.1) is 19.9 Å². The number of ether oxygens (including phenoxy) is 2. The van der Waals surface area contributed by atoms with E-state index in [1.165, 1.54) is 0 Å². The first-order valence-electron chi connectivity index (χ1n) is 7.63. The minimum Gasteiger partial charge on any atom is -0.497 e. The molecule has 1 aromatic carbocycles. The number of benzene rings is 1. The van der Waals surface area contributed by atoms with E-state index in [1.807, 2.05) is 0 Å². The molecule has 1 unspecified atom stereocenters. The average Bonchev–Trinajstić information content (AvgIpc) is 2.93. The van der Waals surface area contributed by atoms with Crippen LogP contribution in [0.3, 0.4) is 0 Å². The van der Waals surface area contributed by atoms with E-state index in [4.69, 9.17) is 15.2 Å². The van der Waals surface area contributed by atoms with Gasteiger partial charge >= 0.3 is 0 Å². The van der Waals surface area contributed by atoms with Crippen molar-refractivity contribution in [3.8, 4) is 11.5 Å². The van der Waals surface area contributed by atoms with Crippen molar-refractivity contribution in [2.45, 2.75) is 25.3 Å². The van der Waals surface area contributed by atoms with E-state index >= 15 is 0 Å². The van der Waals surface area contributed by atoms with E-state index < -0.39 is 6.04 Å². The molecule has 0 bridgehead atoms. The topological polar surface area (TPSA) is 93.9 Å². The third-order valence-corrected chi connectivity index (χ3v) is 3.80. The molecule has 23 heavy (non-hydrogen) atoms. The molecule has 1 aliphatic heterocycles. The summed E-state index contributed by atoms with van der Waals surface area (Å²) in [5, 5.41) is 2.77. The standard InChI is InChI=1S/C16H23N3O4/c1-22-12-8-11(9-13(10-12)23-2)19-7-5-14(16(19)21)18-15(20)4-3-6-17/h8-10,14H,3-7,17H2,1-2H3,(H,18,20). The monoisotopic (exact) mass is 321 g/mol. The Labute approximate surface area is 135 Å². The van der Waals surface area contributed by atoms with Gasteiger partial charge in [0.2, 0.25) is 11.8 Å². The maximum Gasteiger partial charge on any atom is 0.249 e. The first-order valence-corrected chi connectivity index (χ1v) is 7.63. The van der Waals surface area contributed by atoms with Crippen LogP contribution in [-0.2, 0) is 9.59 Å². The number of amides is 2. The van der Waals surface area contributed by atoms with Crippen molar-refractivity contribution in [1.82, 2.24) is 5.32 Å². The Morgan fingerprint density at radius 1 is 1.30 bits per heavy atom. The van der Waals surface area contributed by atoms with Crippen LogP contribution >= 0.6 is 0 Å². The minimum absolute atomic E-state index is 0.124. The SMILES string of the molecule is COc1cc(OC)cc(N2CCC(NC(=O)CCCN)C2=O)c1. The second kappa shape index (κ2) is 7.82. The molecule has 7 nitrogen and oxygen atoms in total. The molecule has 0 spiro atoms. The summed E-state index contributed by atoms with van der Waals surface area (Å²) in [5.74, 6) is 0.963. The van der Waals surface area contributed by atoms with E-state index in [-0.39, 0.29) is 11.8 Å². The van der Waals surface area contributed by atoms with E-state index in [0.717, 1.165) is 0 Å². The first kappa shape index (κ1) is 17.1. The summed E-state index contributed by atoms with van der Waals surface area (Å²) >= 11 is 0. The predicted molar refractivity (Wildman–Crippen MR) is 86.7 cm³/mol. The second-order valence-corrected chi connectivity index (χ2v) is 5.36. The maximum atomic E-state index is 12.5. The van der Waals surface area contributed by atoms with Gasteiger partial charge in [0, 0.05) is 31.2 Å². The summed E-state index contributed by atoms with van der Waals surface area (Å²) in [4.78, 5) is 25.9. The molecule has 0 radical (unpaired) electrons. The number of hydrogen-bond donors (Lipinski definition) is 2. The van der Waals surface area contributed by atoms with Crippen LogP contribution in [0.1, 0.15) is 19.3 Å². The zero-order valence-corrected chi connectivity index (χ0v) is 13.5. The molecule has 0 saturated carbocycles. The Bertz CT molecular complexity index is 554. The molecule has 0 aromatic heterocycles. The van der Waals surface area contributed by atoms with Crippen LogP contribution in [0.4, 0.5) is 5.69 Å². The van der Waals surface area contributed by atoms with Gasteiger partial charge in [-0.3, -0.25) is 9.59 Å². The first-order chi connectivity index (χ1) is 11.1. The number of hydrogen-bond acceptors (Lipinski definition) is 5. The smallest absolute Gasteiger partial charge is 0.249 e. The van der Waals surface area contributed by atoms with Crippen LogP contribution < -0.4 is 25.4 Å². The lowest BCUT2D eigenvalue weighted by atomic mass is 10.2. The fourth-order valence-corrected chi connectivity index (χ4v) is 2.55. The van der Waals surface area contributed by atoms with Crippen molar-refractivity contribution in [2.75, 3.05) is 32.2 Å². The number of carbonyl (C=O) groups excluding carboxylic acids is 2. The van der Waals surface area contributed by atoms with Gasteiger partial charge in [-0.15, -0.1) is 0 Å². The maximum absolute atomic E-state index is 12.5. The Morgan fingerprint density at radius 3 is 2.52 bits per heavy atom. The number of anilines is 1. The fraction of sp³-hybridized carbons (Fsp3) is 0.500. The zero-order valence-electron chi connectivity index (χ0n) is 13.5. The highest BCUT2D eigenvalue weighted by atomic mass is 16.5. The zero-order chi connectivity index (χ0) is 16.8. The van der Waals surface area contributed by atoms with Crippen LogP contribution in [0.15, 0.2) is 18.2 Å². The fourth-order valence-electron chi connectivity index (χ4n) is 2.55. The molecule has 1 fully saturated rings. The molecular weight excluding hydrogens is 298 g/mol. The van der Waals surface area contributed by atoms with Gasteiger partial charge < -0.3 is 25.4 Å². The Kier molecular flexibility index (Phi) is 5.81. The van der Waals surface area contributed by atoms with Crippen molar-refractivity contribution < 1.29 is 19.1 Å². The minimum atomic E-state index is -0.488. The molecule has 1 aromatic rings. The molecule has 126 valence electrons. The van der Waals surface area contributed by atoms with Crippen molar-refractivity contribution in [3.05, 3.63) is 18.2 Å². The molecule has 2 rings (SSSR count). The second-order valence-electron chi connectivity index (χ2n) is 5.36. The Balaban J connectivity index is 2.08. The van der Waals surface area contributed by atoms with Gasteiger partial charge in [0.15, 0.2) is 0 Å². The lowest BCUT2D eigenvalue weighted by molar-refractivity contribution is -0.126. The van der Waals surface area contributed by atoms with Crippen molar-refractivity contribution in [3.63, 3.8) is 0 Å². The highest BCUT2D eigenvalue weighted by Crippen LogP contribution is 2.30. The Morgan fingerprint density at radius 2 is 1.96 bits per heavy atom. The molecule has 0 aliphatic carbocycles. The quantitative estimate of drug-likeness (QED) is 0.769. The molecule has 1 saturated heterocycles. The van der Waals surface area contributed by atoms with Gasteiger partial charge in [-0.05, 0) is 19.4 Å². The van der Waals surface area contributed by atoms with Crippen molar-refractivity contribution >= 4 is 17.5 Å². The third-order valence-electron chi connectivity index (χ3n) is 3.80. The number of nitrogens with zero attached hydrogens (tertiary/aromatic N) is 1. The van der Waals surface area contributed by atoms with Gasteiger partial charge in [0.1, 0.15) is 17.5 Å². The average molecular weight is 321 g/mol. The van der Waals surface area contributed by atoms with Crippen LogP contribution in [0.5, 0.6) is 11.5 Å². The molecule has 1 aliphatic rings. The highest BCUT2D eigenvalue weighted by Gasteiger charge is 2.33. The summed E-state index contributed by atoms with van der Waals surface area (Å²) in [5.41, 5.74) is 6.09. The van der Waals surface area contributed by atoms with Gasteiger partial charge in [-0.1, -0.05) is 0 Å². The molecule has 3 N–H and O–H groups in total. The number of nitrogens with two attached hydrogens (primary N) is 1. The summed E-state index contributed by atoms with van der Waals surface area (Å²) in [6.07, 6.45) is 1.53. The van der Waals surface area contributed by atoms with Gasteiger partial charge in [0.25, 0.3) is 0 Å². The number of nitrogens with one attached hydrogen (secondary N) is 1. The largest absolute Gasteiger partial charge is 0.497 e. The normalized spacial score (nSPS) is 17.3. The summed E-state index contributed by atoms with van der Waals surface area (Å²) in [6.45, 7) is 0.999. The lowest BCUT2D eigenvalue weighted by Gasteiger charge is -2.19.